The van der Waals surface area contributed by atoms with Crippen LogP contribution in [0.3, 0.4) is 0 Å². The molecular weight excluding hydrogens is 401 g/mol. The van der Waals surface area contributed by atoms with Crippen LogP contribution in [-0.4, -0.2) is 32.3 Å². The van der Waals surface area contributed by atoms with E-state index in [-0.39, 0.29) is 0 Å². The van der Waals surface area contributed by atoms with E-state index >= 15 is 0 Å². The highest BCUT2D eigenvalue weighted by molar-refractivity contribution is 7.27. The van der Waals surface area contributed by atoms with Gasteiger partial charge in [-0.3, -0.25) is 0 Å². The van der Waals surface area contributed by atoms with Crippen LogP contribution in [0.2, 0.25) is 58.4 Å². The number of hydrogen-bond donors (Lipinski definition) is 0. The lowest BCUT2D eigenvalue weighted by molar-refractivity contribution is 1.13. The lowest BCUT2D eigenvalue weighted by atomic mass is 10.2. The average Bonchev–Trinajstić information content (AvgIpc) is 3.12. The minimum absolute atomic E-state index is 1.23. The van der Waals surface area contributed by atoms with Gasteiger partial charge in [-0.05, 0) is 17.2 Å². The van der Waals surface area contributed by atoms with E-state index in [1.807, 2.05) is 20.4 Å². The lowest BCUT2D eigenvalue weighted by Gasteiger charge is -2.41. The van der Waals surface area contributed by atoms with E-state index in [1.54, 1.807) is 5.19 Å². The SMILES string of the molecule is CCC1=C([Si](C)(C)C)[Si]2(C=Cc3ccccc32)C([Si](C)(C)C)=C1[Si](C)(C)CC. The van der Waals surface area contributed by atoms with Gasteiger partial charge in [0, 0.05) is 0 Å². The number of allylic oxidation sites excluding steroid dienone is 2. The minimum Gasteiger partial charge on any atom is -0.0822 e. The van der Waals surface area contributed by atoms with Crippen molar-refractivity contribution in [1.29, 1.82) is 0 Å². The molecule has 0 amide bonds. The van der Waals surface area contributed by atoms with Gasteiger partial charge in [0.05, 0.1) is 24.2 Å². The van der Waals surface area contributed by atoms with Gasteiger partial charge in [-0.2, -0.15) is 0 Å². The van der Waals surface area contributed by atoms with Gasteiger partial charge in [0.2, 0.25) is 0 Å². The van der Waals surface area contributed by atoms with Crippen LogP contribution in [0.5, 0.6) is 0 Å². The molecule has 0 nitrogen and oxygen atoms in total. The van der Waals surface area contributed by atoms with Crippen LogP contribution in [0.15, 0.2) is 50.4 Å². The van der Waals surface area contributed by atoms with E-state index < -0.39 is 32.3 Å². The topological polar surface area (TPSA) is 0 Å². The Morgan fingerprint density at radius 1 is 0.786 bits per heavy atom. The summed E-state index contributed by atoms with van der Waals surface area (Å²) in [6, 6.07) is 10.8. The first-order chi connectivity index (χ1) is 12.8. The lowest BCUT2D eigenvalue weighted by Crippen LogP contribution is -2.59. The van der Waals surface area contributed by atoms with Gasteiger partial charge >= 0.3 is 0 Å². The summed E-state index contributed by atoms with van der Waals surface area (Å²) in [6.45, 7) is 25.9. The van der Waals surface area contributed by atoms with Gasteiger partial charge < -0.3 is 0 Å². The maximum absolute atomic E-state index is 2.77. The average molecular weight is 441 g/mol. The minimum atomic E-state index is -1.96. The Labute approximate surface area is 177 Å². The van der Waals surface area contributed by atoms with Crippen LogP contribution in [-0.2, 0) is 0 Å². The molecule has 0 radical (unpaired) electrons. The molecule has 0 aromatic heterocycles. The zero-order valence-corrected chi connectivity index (χ0v) is 23.9. The molecule has 0 saturated heterocycles. The molecule has 28 heavy (non-hydrogen) atoms. The number of hydrogen-bond acceptors (Lipinski definition) is 0. The van der Waals surface area contributed by atoms with Gasteiger partial charge in [0.15, 0.2) is 8.07 Å². The standard InChI is InChI=1S/C24H40Si4/c1-11-20-22(27(9,10)12-2)24(26(6,7)8)28(23(20)25(3,4)5)18-17-19-15-13-14-16-21(19)28/h13-18H,11-12H2,1-10H3. The fourth-order valence-electron chi connectivity index (χ4n) is 5.87. The van der Waals surface area contributed by atoms with Gasteiger partial charge in [-0.15, -0.1) is 0 Å². The molecule has 0 saturated carbocycles. The van der Waals surface area contributed by atoms with Crippen LogP contribution < -0.4 is 5.19 Å². The van der Waals surface area contributed by atoms with E-state index in [9.17, 15) is 0 Å². The fourth-order valence-corrected chi connectivity index (χ4v) is 30.1. The van der Waals surface area contributed by atoms with E-state index in [1.165, 1.54) is 18.0 Å². The summed E-state index contributed by atoms with van der Waals surface area (Å²) in [7, 11) is -6.38. The Bertz CT molecular complexity index is 888. The molecule has 0 aliphatic carbocycles. The third kappa shape index (κ3) is 3.11. The molecule has 1 spiro atoms. The molecule has 3 rings (SSSR count). The predicted molar refractivity (Wildman–Crippen MR) is 140 cm³/mol. The van der Waals surface area contributed by atoms with Crippen molar-refractivity contribution < 1.29 is 0 Å². The number of fused-ring (bicyclic) bond motifs is 2. The van der Waals surface area contributed by atoms with Gasteiger partial charge in [-0.25, -0.2) is 0 Å². The Kier molecular flexibility index (Phi) is 5.45. The highest BCUT2D eigenvalue weighted by Gasteiger charge is 2.58. The summed E-state index contributed by atoms with van der Waals surface area (Å²) in [5, 5.41) is 3.65. The molecule has 0 fully saturated rings. The van der Waals surface area contributed by atoms with E-state index in [0.717, 1.165) is 0 Å². The van der Waals surface area contributed by atoms with Crippen LogP contribution in [0, 0.1) is 0 Å². The number of rotatable bonds is 5. The van der Waals surface area contributed by atoms with Crippen molar-refractivity contribution in [1.82, 2.24) is 0 Å². The van der Waals surface area contributed by atoms with E-state index in [4.69, 9.17) is 0 Å². The summed E-state index contributed by atoms with van der Waals surface area (Å²) in [4.78, 5) is 3.99. The first-order valence-corrected chi connectivity index (χ1v) is 23.4. The second-order valence-corrected chi connectivity index (χ2v) is 30.9. The Morgan fingerprint density at radius 3 is 1.86 bits per heavy atom. The molecule has 0 bridgehead atoms. The second-order valence-electron chi connectivity index (χ2n) is 11.4. The smallest absolute Gasteiger partial charge is 0.0822 e. The summed E-state index contributed by atoms with van der Waals surface area (Å²) in [5.41, 5.74) is 6.11. The quantitative estimate of drug-likeness (QED) is 0.431. The first-order valence-electron chi connectivity index (χ1n) is 11.1. The molecule has 1 atom stereocenters. The molecule has 152 valence electrons. The summed E-state index contributed by atoms with van der Waals surface area (Å²) >= 11 is 0. The Hall–Kier alpha value is -0.692. The largest absolute Gasteiger partial charge is 0.157 e. The normalized spacial score (nSPS) is 22.6. The van der Waals surface area contributed by atoms with Crippen molar-refractivity contribution >= 4 is 43.6 Å². The van der Waals surface area contributed by atoms with E-state index in [2.05, 4.69) is 102 Å². The molecule has 0 N–H and O–H groups in total. The van der Waals surface area contributed by atoms with Crippen molar-refractivity contribution in [3.05, 3.63) is 55.9 Å². The fraction of sp³-hybridized carbons (Fsp3) is 0.500. The molecule has 1 aromatic rings. The Balaban J connectivity index is 2.55. The first kappa shape index (κ1) is 22.0. The molecule has 4 heteroatoms. The second kappa shape index (κ2) is 6.93. The van der Waals surface area contributed by atoms with Crippen LogP contribution >= 0.6 is 0 Å². The molecular formula is C24H40Si4. The predicted octanol–water partition coefficient (Wildman–Crippen LogP) is 7.03. The highest BCUT2D eigenvalue weighted by Crippen LogP contribution is 2.52. The number of benzene rings is 1. The monoisotopic (exact) mass is 440 g/mol. The Morgan fingerprint density at radius 2 is 1.36 bits per heavy atom. The summed E-state index contributed by atoms with van der Waals surface area (Å²) in [6.07, 6.45) is 3.72. The van der Waals surface area contributed by atoms with Crippen LogP contribution in [0.25, 0.3) is 6.08 Å². The molecule has 2 aliphatic rings. The van der Waals surface area contributed by atoms with Crippen molar-refractivity contribution in [2.75, 3.05) is 0 Å². The highest BCUT2D eigenvalue weighted by atomic mass is 28.4. The van der Waals surface area contributed by atoms with Crippen molar-refractivity contribution in [2.24, 2.45) is 0 Å². The molecule has 2 aliphatic heterocycles. The van der Waals surface area contributed by atoms with Crippen LogP contribution in [0.1, 0.15) is 25.8 Å². The van der Waals surface area contributed by atoms with Crippen LogP contribution in [0.4, 0.5) is 0 Å². The van der Waals surface area contributed by atoms with Gasteiger partial charge in [0.1, 0.15) is 0 Å². The maximum atomic E-state index is 2.77. The molecule has 1 unspecified atom stereocenters. The summed E-state index contributed by atoms with van der Waals surface area (Å²) in [5.74, 6) is 0. The van der Waals surface area contributed by atoms with E-state index in [0.29, 0.717) is 0 Å². The van der Waals surface area contributed by atoms with Crippen molar-refractivity contribution in [3.63, 3.8) is 0 Å². The zero-order valence-electron chi connectivity index (χ0n) is 19.9. The molecule has 1 aromatic carbocycles. The third-order valence-corrected chi connectivity index (χ3v) is 25.6. The third-order valence-electron chi connectivity index (χ3n) is 6.95. The van der Waals surface area contributed by atoms with Crippen molar-refractivity contribution in [3.8, 4) is 0 Å². The van der Waals surface area contributed by atoms with Crippen molar-refractivity contribution in [2.45, 2.75) is 78.7 Å². The van der Waals surface area contributed by atoms with Gasteiger partial charge in [-0.1, -0.05) is 129 Å². The maximum Gasteiger partial charge on any atom is 0.157 e. The molecule has 2 heterocycles. The zero-order chi connectivity index (χ0) is 21.1. The van der Waals surface area contributed by atoms with Gasteiger partial charge in [0.25, 0.3) is 0 Å². The summed E-state index contributed by atoms with van der Waals surface area (Å²) < 4.78 is 0.